The normalized spacial score (nSPS) is 21.4. The van der Waals surface area contributed by atoms with Crippen molar-refractivity contribution < 1.29 is 27.5 Å². The van der Waals surface area contributed by atoms with Crippen LogP contribution in [0, 0.1) is 5.41 Å². The van der Waals surface area contributed by atoms with E-state index in [1.807, 2.05) is 6.92 Å². The van der Waals surface area contributed by atoms with Gasteiger partial charge in [0.1, 0.15) is 5.75 Å². The molecule has 4 nitrogen and oxygen atoms in total. The van der Waals surface area contributed by atoms with Crippen LogP contribution in [0.1, 0.15) is 50.2 Å². The van der Waals surface area contributed by atoms with Crippen LogP contribution in [0.5, 0.6) is 5.75 Å². The standard InChI is InChI=1S/C19H20F3NO3S/c1-18(7-3-2-4-8-18)11-26-14-6-5-12(9-13(14)19(20,21)22)10-15-16(24)23-17(25)27-15/h5-6,9-10H,2-4,7-8,11H2,1H3,(H,23,24,25)/b15-10+. The molecule has 1 aromatic carbocycles. The Morgan fingerprint density at radius 2 is 1.93 bits per heavy atom. The van der Waals surface area contributed by atoms with E-state index in [0.29, 0.717) is 11.8 Å². The number of halogens is 3. The van der Waals surface area contributed by atoms with Gasteiger partial charge in [0, 0.05) is 5.41 Å². The Kier molecular flexibility index (Phi) is 5.55. The highest BCUT2D eigenvalue weighted by molar-refractivity contribution is 8.18. The van der Waals surface area contributed by atoms with E-state index in [2.05, 4.69) is 5.32 Å². The minimum Gasteiger partial charge on any atom is -0.492 e. The number of carbonyl (C=O) groups is 2. The van der Waals surface area contributed by atoms with E-state index in [9.17, 15) is 22.8 Å². The quantitative estimate of drug-likeness (QED) is 0.691. The molecular weight excluding hydrogens is 379 g/mol. The van der Waals surface area contributed by atoms with Gasteiger partial charge in [0.25, 0.3) is 11.1 Å². The van der Waals surface area contributed by atoms with E-state index >= 15 is 0 Å². The monoisotopic (exact) mass is 399 g/mol. The van der Waals surface area contributed by atoms with Crippen LogP contribution in [-0.2, 0) is 11.0 Å². The first-order valence-electron chi connectivity index (χ1n) is 8.75. The first kappa shape index (κ1) is 19.8. The predicted molar refractivity (Wildman–Crippen MR) is 97.2 cm³/mol. The van der Waals surface area contributed by atoms with Crippen molar-refractivity contribution in [3.8, 4) is 5.75 Å². The van der Waals surface area contributed by atoms with Crippen LogP contribution < -0.4 is 10.1 Å². The van der Waals surface area contributed by atoms with Crippen LogP contribution in [0.15, 0.2) is 23.1 Å². The molecule has 2 aliphatic rings. The number of imide groups is 1. The number of alkyl halides is 3. The van der Waals surface area contributed by atoms with E-state index in [1.54, 1.807) is 0 Å². The zero-order valence-electron chi connectivity index (χ0n) is 14.8. The maximum absolute atomic E-state index is 13.5. The summed E-state index contributed by atoms with van der Waals surface area (Å²) in [5, 5.41) is 1.54. The summed E-state index contributed by atoms with van der Waals surface area (Å²) in [5.74, 6) is -0.819. The largest absolute Gasteiger partial charge is 0.492 e. The van der Waals surface area contributed by atoms with Gasteiger partial charge in [-0.15, -0.1) is 0 Å². The van der Waals surface area contributed by atoms with Gasteiger partial charge < -0.3 is 4.74 Å². The minimum atomic E-state index is -4.59. The molecule has 1 aromatic rings. The van der Waals surface area contributed by atoms with Gasteiger partial charge in [-0.25, -0.2) is 0 Å². The average molecular weight is 399 g/mol. The molecule has 0 atom stereocenters. The first-order chi connectivity index (χ1) is 12.7. The van der Waals surface area contributed by atoms with Crippen molar-refractivity contribution in [3.05, 3.63) is 34.2 Å². The second-order valence-corrected chi connectivity index (χ2v) is 8.28. The summed E-state index contributed by atoms with van der Waals surface area (Å²) in [7, 11) is 0. The van der Waals surface area contributed by atoms with E-state index in [1.165, 1.54) is 18.2 Å². The van der Waals surface area contributed by atoms with Gasteiger partial charge in [0.05, 0.1) is 17.1 Å². The number of hydrogen-bond donors (Lipinski definition) is 1. The molecular formula is C19H20F3NO3S. The second kappa shape index (κ2) is 7.58. The molecule has 8 heteroatoms. The molecule has 1 heterocycles. The molecule has 0 spiro atoms. The molecule has 1 saturated carbocycles. The molecule has 2 amide bonds. The van der Waals surface area contributed by atoms with Crippen molar-refractivity contribution >= 4 is 29.0 Å². The molecule has 0 aromatic heterocycles. The number of amides is 2. The number of hydrogen-bond acceptors (Lipinski definition) is 4. The van der Waals surface area contributed by atoms with Crippen molar-refractivity contribution in [1.82, 2.24) is 5.32 Å². The lowest BCUT2D eigenvalue weighted by Crippen LogP contribution is -2.28. The lowest BCUT2D eigenvalue weighted by Gasteiger charge is -2.33. The van der Waals surface area contributed by atoms with E-state index in [0.717, 1.165) is 38.2 Å². The van der Waals surface area contributed by atoms with Crippen LogP contribution in [0.2, 0.25) is 0 Å². The van der Waals surface area contributed by atoms with Crippen molar-refractivity contribution in [1.29, 1.82) is 0 Å². The van der Waals surface area contributed by atoms with Crippen LogP contribution >= 0.6 is 11.8 Å². The third kappa shape index (κ3) is 4.86. The van der Waals surface area contributed by atoms with Gasteiger partial charge in [0.2, 0.25) is 0 Å². The van der Waals surface area contributed by atoms with Gasteiger partial charge >= 0.3 is 6.18 Å². The average Bonchev–Trinajstić information content (AvgIpc) is 2.91. The maximum atomic E-state index is 13.5. The number of nitrogens with one attached hydrogen (secondary N) is 1. The number of rotatable bonds is 4. The third-order valence-electron chi connectivity index (χ3n) is 4.89. The molecule has 1 saturated heterocycles. The maximum Gasteiger partial charge on any atom is 0.419 e. The summed E-state index contributed by atoms with van der Waals surface area (Å²) in [6, 6.07) is 3.68. The first-order valence-corrected chi connectivity index (χ1v) is 9.57. The van der Waals surface area contributed by atoms with Gasteiger partial charge in [0.15, 0.2) is 0 Å². The fraction of sp³-hybridized carbons (Fsp3) is 0.474. The molecule has 0 bridgehead atoms. The van der Waals surface area contributed by atoms with Gasteiger partial charge in [-0.3, -0.25) is 14.9 Å². The third-order valence-corrected chi connectivity index (χ3v) is 5.70. The molecule has 1 aliphatic carbocycles. The molecule has 1 N–H and O–H groups in total. The van der Waals surface area contributed by atoms with Crippen molar-refractivity contribution in [2.45, 2.75) is 45.2 Å². The predicted octanol–water partition coefficient (Wildman–Crippen LogP) is 5.38. The molecule has 0 radical (unpaired) electrons. The molecule has 27 heavy (non-hydrogen) atoms. The fourth-order valence-electron chi connectivity index (χ4n) is 3.36. The van der Waals surface area contributed by atoms with Crippen LogP contribution in [0.4, 0.5) is 18.0 Å². The number of ether oxygens (including phenoxy) is 1. The van der Waals surface area contributed by atoms with Crippen LogP contribution in [-0.4, -0.2) is 17.8 Å². The topological polar surface area (TPSA) is 55.4 Å². The minimum absolute atomic E-state index is 0.0662. The number of carbonyl (C=O) groups excluding carboxylic acids is 2. The van der Waals surface area contributed by atoms with Crippen molar-refractivity contribution in [3.63, 3.8) is 0 Å². The molecule has 3 rings (SSSR count). The molecule has 0 unspecified atom stereocenters. The summed E-state index contributed by atoms with van der Waals surface area (Å²) < 4.78 is 46.1. The summed E-state index contributed by atoms with van der Waals surface area (Å²) in [4.78, 5) is 22.8. The Morgan fingerprint density at radius 1 is 1.22 bits per heavy atom. The Labute approximate surface area is 159 Å². The molecule has 2 fully saturated rings. The lowest BCUT2D eigenvalue weighted by atomic mass is 9.76. The highest BCUT2D eigenvalue weighted by Gasteiger charge is 2.36. The fourth-order valence-corrected chi connectivity index (χ4v) is 4.04. The Morgan fingerprint density at radius 3 is 2.52 bits per heavy atom. The zero-order chi connectivity index (χ0) is 19.7. The van der Waals surface area contributed by atoms with Gasteiger partial charge in [-0.05, 0) is 48.4 Å². The van der Waals surface area contributed by atoms with E-state index < -0.39 is 22.9 Å². The summed E-state index contributed by atoms with van der Waals surface area (Å²) >= 11 is 0.664. The SMILES string of the molecule is CC1(COc2ccc(/C=C3/SC(=O)NC3=O)cc2C(F)(F)F)CCCCC1. The van der Waals surface area contributed by atoms with Crippen molar-refractivity contribution in [2.24, 2.45) is 5.41 Å². The molecule has 146 valence electrons. The van der Waals surface area contributed by atoms with E-state index in [-0.39, 0.29) is 28.2 Å². The van der Waals surface area contributed by atoms with Crippen molar-refractivity contribution in [2.75, 3.05) is 6.61 Å². The highest BCUT2D eigenvalue weighted by atomic mass is 32.2. The smallest absolute Gasteiger partial charge is 0.419 e. The Bertz CT molecular complexity index is 783. The second-order valence-electron chi connectivity index (χ2n) is 7.27. The van der Waals surface area contributed by atoms with Gasteiger partial charge in [-0.2, -0.15) is 13.2 Å². The van der Waals surface area contributed by atoms with Crippen LogP contribution in [0.25, 0.3) is 6.08 Å². The Balaban J connectivity index is 1.83. The van der Waals surface area contributed by atoms with Gasteiger partial charge in [-0.1, -0.05) is 32.3 Å². The van der Waals surface area contributed by atoms with Crippen LogP contribution in [0.3, 0.4) is 0 Å². The summed E-state index contributed by atoms with van der Waals surface area (Å²) in [5.41, 5.74) is -0.808. The Hall–Kier alpha value is -1.96. The summed E-state index contributed by atoms with van der Waals surface area (Å²) in [6.07, 6.45) is 1.86. The number of benzene rings is 1. The van der Waals surface area contributed by atoms with E-state index in [4.69, 9.17) is 4.74 Å². The molecule has 1 aliphatic heterocycles. The highest BCUT2D eigenvalue weighted by Crippen LogP contribution is 2.40. The zero-order valence-corrected chi connectivity index (χ0v) is 15.6. The number of thioether (sulfide) groups is 1. The summed E-state index contributed by atoms with van der Waals surface area (Å²) in [6.45, 7) is 2.29. The lowest BCUT2D eigenvalue weighted by molar-refractivity contribution is -0.139.